The van der Waals surface area contributed by atoms with E-state index in [9.17, 15) is 4.79 Å². The fourth-order valence-corrected chi connectivity index (χ4v) is 3.27. The van der Waals surface area contributed by atoms with Crippen LogP contribution in [0.1, 0.15) is 29.8 Å². The number of carbonyl (C=O) groups excluding carboxylic acids is 1. The summed E-state index contributed by atoms with van der Waals surface area (Å²) in [6.07, 6.45) is 0. The minimum Gasteiger partial charge on any atom is -0.489 e. The molecule has 4 heteroatoms. The van der Waals surface area contributed by atoms with Crippen LogP contribution in [-0.4, -0.2) is 48.4 Å². The molecule has 3 rings (SSSR count). The summed E-state index contributed by atoms with van der Waals surface area (Å²) >= 11 is 0. The molecule has 0 bridgehead atoms. The van der Waals surface area contributed by atoms with Gasteiger partial charge >= 0.3 is 0 Å². The highest BCUT2D eigenvalue weighted by Gasteiger charge is 2.22. The van der Waals surface area contributed by atoms with Crippen molar-refractivity contribution in [3.8, 4) is 5.75 Å². The first-order valence-corrected chi connectivity index (χ1v) is 9.40. The maximum atomic E-state index is 12.7. The van der Waals surface area contributed by atoms with Crippen molar-refractivity contribution in [3.63, 3.8) is 0 Å². The monoisotopic (exact) mass is 352 g/mol. The normalized spacial score (nSPS) is 15.3. The Morgan fingerprint density at radius 3 is 2.23 bits per heavy atom. The molecule has 138 valence electrons. The maximum Gasteiger partial charge on any atom is 0.253 e. The van der Waals surface area contributed by atoms with Gasteiger partial charge in [-0.2, -0.15) is 0 Å². The Morgan fingerprint density at radius 1 is 0.962 bits per heavy atom. The second-order valence-corrected chi connectivity index (χ2v) is 7.29. The van der Waals surface area contributed by atoms with Gasteiger partial charge < -0.3 is 9.64 Å². The smallest absolute Gasteiger partial charge is 0.253 e. The molecule has 1 aliphatic rings. The van der Waals surface area contributed by atoms with Crippen molar-refractivity contribution >= 4 is 5.91 Å². The molecular formula is C22H28N2O2. The first-order chi connectivity index (χ1) is 12.6. The summed E-state index contributed by atoms with van der Waals surface area (Å²) in [4.78, 5) is 17.1. The topological polar surface area (TPSA) is 32.8 Å². The number of piperazine rings is 1. The molecule has 0 spiro atoms. The molecule has 0 aromatic heterocycles. The van der Waals surface area contributed by atoms with Crippen LogP contribution in [0.2, 0.25) is 0 Å². The molecule has 0 saturated carbocycles. The number of hydrogen-bond donors (Lipinski definition) is 0. The fraction of sp³-hybridized carbons (Fsp3) is 0.409. The summed E-state index contributed by atoms with van der Waals surface area (Å²) in [7, 11) is 0. The minimum atomic E-state index is 0.115. The molecule has 0 atom stereocenters. The molecule has 2 aromatic rings. The second-order valence-electron chi connectivity index (χ2n) is 7.29. The van der Waals surface area contributed by atoms with Gasteiger partial charge in [-0.1, -0.05) is 44.2 Å². The number of rotatable bonds is 6. The number of amides is 1. The van der Waals surface area contributed by atoms with E-state index in [-0.39, 0.29) is 5.91 Å². The lowest BCUT2D eigenvalue weighted by molar-refractivity contribution is 0.0624. The molecule has 1 fully saturated rings. The number of carbonyl (C=O) groups is 1. The molecule has 1 saturated heterocycles. The van der Waals surface area contributed by atoms with Crippen LogP contribution in [0.15, 0.2) is 54.6 Å². The van der Waals surface area contributed by atoms with Crippen LogP contribution >= 0.6 is 0 Å². The van der Waals surface area contributed by atoms with Gasteiger partial charge in [-0.15, -0.1) is 0 Å². The maximum absolute atomic E-state index is 12.7. The van der Waals surface area contributed by atoms with Crippen LogP contribution in [-0.2, 0) is 6.61 Å². The van der Waals surface area contributed by atoms with Crippen LogP contribution in [0.4, 0.5) is 0 Å². The van der Waals surface area contributed by atoms with Gasteiger partial charge in [0.1, 0.15) is 12.4 Å². The third-order valence-electron chi connectivity index (χ3n) is 4.63. The van der Waals surface area contributed by atoms with Crippen molar-refractivity contribution in [2.75, 3.05) is 32.7 Å². The lowest BCUT2D eigenvalue weighted by atomic mass is 10.1. The molecule has 26 heavy (non-hydrogen) atoms. The van der Waals surface area contributed by atoms with Crippen molar-refractivity contribution < 1.29 is 9.53 Å². The van der Waals surface area contributed by atoms with Gasteiger partial charge in [-0.3, -0.25) is 9.69 Å². The van der Waals surface area contributed by atoms with Gasteiger partial charge in [0.2, 0.25) is 0 Å². The van der Waals surface area contributed by atoms with Gasteiger partial charge in [0.25, 0.3) is 5.91 Å². The summed E-state index contributed by atoms with van der Waals surface area (Å²) in [5.74, 6) is 1.57. The predicted molar refractivity (Wildman–Crippen MR) is 104 cm³/mol. The standard InChI is InChI=1S/C22H28N2O2/c1-18(2)16-23-12-14-24(15-13-23)22(25)20-8-10-21(11-9-20)26-17-19-6-4-3-5-7-19/h3-11,18H,12-17H2,1-2H3. The Kier molecular flexibility index (Phi) is 6.29. The lowest BCUT2D eigenvalue weighted by Crippen LogP contribution is -2.49. The second kappa shape index (κ2) is 8.86. The third kappa shape index (κ3) is 5.09. The summed E-state index contributed by atoms with van der Waals surface area (Å²) in [5.41, 5.74) is 1.86. The molecule has 1 aliphatic heterocycles. The van der Waals surface area contributed by atoms with Crippen LogP contribution in [0.3, 0.4) is 0 Å². The van der Waals surface area contributed by atoms with E-state index in [0.717, 1.165) is 49.6 Å². The molecule has 1 heterocycles. The van der Waals surface area contributed by atoms with E-state index >= 15 is 0 Å². The Morgan fingerprint density at radius 2 is 1.62 bits per heavy atom. The Hall–Kier alpha value is -2.33. The van der Waals surface area contributed by atoms with Crippen LogP contribution in [0, 0.1) is 5.92 Å². The van der Waals surface area contributed by atoms with Crippen LogP contribution < -0.4 is 4.74 Å². The minimum absolute atomic E-state index is 0.115. The fourth-order valence-electron chi connectivity index (χ4n) is 3.27. The van der Waals surface area contributed by atoms with Gasteiger partial charge in [-0.25, -0.2) is 0 Å². The van der Waals surface area contributed by atoms with Gasteiger partial charge in [0.15, 0.2) is 0 Å². The molecule has 0 unspecified atom stereocenters. The molecule has 0 aliphatic carbocycles. The van der Waals surface area contributed by atoms with Crippen molar-refractivity contribution in [1.29, 1.82) is 0 Å². The van der Waals surface area contributed by atoms with Crippen LogP contribution in [0.5, 0.6) is 5.75 Å². The van der Waals surface area contributed by atoms with Crippen molar-refractivity contribution in [3.05, 3.63) is 65.7 Å². The van der Waals surface area contributed by atoms with Crippen LogP contribution in [0.25, 0.3) is 0 Å². The number of ether oxygens (including phenoxy) is 1. The summed E-state index contributed by atoms with van der Waals surface area (Å²) in [6, 6.07) is 17.6. The van der Waals surface area contributed by atoms with Crippen molar-refractivity contribution in [2.24, 2.45) is 5.92 Å². The number of nitrogens with zero attached hydrogens (tertiary/aromatic N) is 2. The molecular weight excluding hydrogens is 324 g/mol. The average Bonchev–Trinajstić information content (AvgIpc) is 2.67. The number of hydrogen-bond acceptors (Lipinski definition) is 3. The number of benzene rings is 2. The van der Waals surface area contributed by atoms with Crippen molar-refractivity contribution in [1.82, 2.24) is 9.80 Å². The zero-order valence-electron chi connectivity index (χ0n) is 15.7. The van der Waals surface area contributed by atoms with E-state index in [1.54, 1.807) is 0 Å². The highest BCUT2D eigenvalue weighted by Crippen LogP contribution is 2.16. The van der Waals surface area contributed by atoms with E-state index in [4.69, 9.17) is 4.74 Å². The molecule has 2 aromatic carbocycles. The van der Waals surface area contributed by atoms with E-state index in [1.807, 2.05) is 59.5 Å². The predicted octanol–water partition coefficient (Wildman–Crippen LogP) is 3.68. The van der Waals surface area contributed by atoms with Gasteiger partial charge in [-0.05, 0) is 35.7 Å². The summed E-state index contributed by atoms with van der Waals surface area (Å²) in [6.45, 7) is 9.64. The van der Waals surface area contributed by atoms with Gasteiger partial charge in [0, 0.05) is 38.3 Å². The zero-order valence-corrected chi connectivity index (χ0v) is 15.7. The first-order valence-electron chi connectivity index (χ1n) is 9.40. The summed E-state index contributed by atoms with van der Waals surface area (Å²) in [5, 5.41) is 0. The van der Waals surface area contributed by atoms with E-state index in [0.29, 0.717) is 12.5 Å². The quantitative estimate of drug-likeness (QED) is 0.795. The highest BCUT2D eigenvalue weighted by molar-refractivity contribution is 5.94. The Labute approximate surface area is 156 Å². The van der Waals surface area contributed by atoms with Gasteiger partial charge in [0.05, 0.1) is 0 Å². The molecule has 4 nitrogen and oxygen atoms in total. The Bertz CT molecular complexity index is 690. The average molecular weight is 352 g/mol. The highest BCUT2D eigenvalue weighted by atomic mass is 16.5. The first kappa shape index (κ1) is 18.5. The lowest BCUT2D eigenvalue weighted by Gasteiger charge is -2.35. The molecule has 1 amide bonds. The zero-order chi connectivity index (χ0) is 18.4. The SMILES string of the molecule is CC(C)CN1CCN(C(=O)c2ccc(OCc3ccccc3)cc2)CC1. The largest absolute Gasteiger partial charge is 0.489 e. The molecule has 0 radical (unpaired) electrons. The van der Waals surface area contributed by atoms with E-state index in [2.05, 4.69) is 18.7 Å². The Balaban J connectivity index is 1.51. The summed E-state index contributed by atoms with van der Waals surface area (Å²) < 4.78 is 5.79. The third-order valence-corrected chi connectivity index (χ3v) is 4.63. The van der Waals surface area contributed by atoms with E-state index in [1.165, 1.54) is 0 Å². The van der Waals surface area contributed by atoms with Crippen molar-refractivity contribution in [2.45, 2.75) is 20.5 Å². The molecule has 0 N–H and O–H groups in total. The van der Waals surface area contributed by atoms with E-state index < -0.39 is 0 Å².